The highest BCUT2D eigenvalue weighted by atomic mass is 16.5. The Kier molecular flexibility index (Phi) is 2.67. The highest BCUT2D eigenvalue weighted by molar-refractivity contribution is 6.03. The third kappa shape index (κ3) is 2.34. The normalized spacial score (nSPS) is 14.3. The predicted molar refractivity (Wildman–Crippen MR) is 56.3 cm³/mol. The van der Waals surface area contributed by atoms with E-state index in [1.807, 2.05) is 19.1 Å². The minimum Gasteiger partial charge on any atom is -0.500 e. The van der Waals surface area contributed by atoms with E-state index in [-0.39, 0.29) is 5.91 Å². The SMILES string of the molecule is Cc1cccc(NC(=O)C2=COCC2)n1. The van der Waals surface area contributed by atoms with Crippen molar-refractivity contribution in [1.29, 1.82) is 0 Å². The Labute approximate surface area is 88.0 Å². The maximum Gasteiger partial charge on any atom is 0.255 e. The number of pyridine rings is 1. The van der Waals surface area contributed by atoms with Gasteiger partial charge >= 0.3 is 0 Å². The topological polar surface area (TPSA) is 51.2 Å². The fourth-order valence-corrected chi connectivity index (χ4v) is 1.36. The molecule has 2 heterocycles. The number of aromatic nitrogens is 1. The lowest BCUT2D eigenvalue weighted by Gasteiger charge is -2.04. The van der Waals surface area contributed by atoms with Crippen molar-refractivity contribution < 1.29 is 9.53 Å². The van der Waals surface area contributed by atoms with Crippen molar-refractivity contribution in [1.82, 2.24) is 4.98 Å². The van der Waals surface area contributed by atoms with Gasteiger partial charge in [0, 0.05) is 12.1 Å². The zero-order valence-corrected chi connectivity index (χ0v) is 8.49. The third-order valence-electron chi connectivity index (χ3n) is 2.14. The first-order valence-corrected chi connectivity index (χ1v) is 4.81. The van der Waals surface area contributed by atoms with Gasteiger partial charge in [0.05, 0.1) is 18.4 Å². The quantitative estimate of drug-likeness (QED) is 0.796. The molecule has 0 saturated carbocycles. The highest BCUT2D eigenvalue weighted by Gasteiger charge is 2.14. The van der Waals surface area contributed by atoms with E-state index in [2.05, 4.69) is 10.3 Å². The fourth-order valence-electron chi connectivity index (χ4n) is 1.36. The van der Waals surface area contributed by atoms with E-state index in [1.54, 1.807) is 6.07 Å². The van der Waals surface area contributed by atoms with Crippen LogP contribution >= 0.6 is 0 Å². The Morgan fingerprint density at radius 2 is 2.40 bits per heavy atom. The molecule has 0 saturated heterocycles. The van der Waals surface area contributed by atoms with Crippen LogP contribution in [0.1, 0.15) is 12.1 Å². The number of hydrogen-bond donors (Lipinski definition) is 1. The summed E-state index contributed by atoms with van der Waals surface area (Å²) < 4.78 is 5.00. The Hall–Kier alpha value is -1.84. The van der Waals surface area contributed by atoms with E-state index in [9.17, 15) is 4.79 Å². The van der Waals surface area contributed by atoms with Crippen LogP contribution in [-0.4, -0.2) is 17.5 Å². The van der Waals surface area contributed by atoms with Gasteiger partial charge in [-0.2, -0.15) is 0 Å². The van der Waals surface area contributed by atoms with Crippen LogP contribution < -0.4 is 5.32 Å². The number of carbonyl (C=O) groups is 1. The van der Waals surface area contributed by atoms with Crippen LogP contribution in [0.15, 0.2) is 30.0 Å². The Balaban J connectivity index is 2.05. The number of nitrogens with one attached hydrogen (secondary N) is 1. The molecule has 0 spiro atoms. The van der Waals surface area contributed by atoms with Crippen molar-refractivity contribution in [3.05, 3.63) is 35.7 Å². The van der Waals surface area contributed by atoms with Crippen molar-refractivity contribution in [3.8, 4) is 0 Å². The number of anilines is 1. The molecule has 0 atom stereocenters. The highest BCUT2D eigenvalue weighted by Crippen LogP contribution is 2.13. The first kappa shape index (κ1) is 9.71. The van der Waals surface area contributed by atoms with Crippen LogP contribution in [0.4, 0.5) is 5.82 Å². The zero-order chi connectivity index (χ0) is 10.7. The first-order chi connectivity index (χ1) is 7.25. The molecule has 4 nitrogen and oxygen atoms in total. The molecular weight excluding hydrogens is 192 g/mol. The summed E-state index contributed by atoms with van der Waals surface area (Å²) in [6, 6.07) is 5.51. The number of amides is 1. The molecule has 1 aliphatic rings. The molecule has 0 unspecified atom stereocenters. The van der Waals surface area contributed by atoms with E-state index < -0.39 is 0 Å². The summed E-state index contributed by atoms with van der Waals surface area (Å²) in [6.07, 6.45) is 2.17. The van der Waals surface area contributed by atoms with Gasteiger partial charge in [0.1, 0.15) is 5.82 Å². The monoisotopic (exact) mass is 204 g/mol. The standard InChI is InChI=1S/C11H12N2O2/c1-8-3-2-4-10(12-8)13-11(14)9-5-6-15-7-9/h2-4,7H,5-6H2,1H3,(H,12,13,14). The smallest absolute Gasteiger partial charge is 0.255 e. The van der Waals surface area contributed by atoms with Gasteiger partial charge in [0.15, 0.2) is 0 Å². The molecule has 1 aromatic heterocycles. The van der Waals surface area contributed by atoms with Crippen LogP contribution in [0, 0.1) is 6.92 Å². The molecule has 0 radical (unpaired) electrons. The molecule has 0 bridgehead atoms. The van der Waals surface area contributed by atoms with E-state index in [0.29, 0.717) is 24.4 Å². The molecule has 15 heavy (non-hydrogen) atoms. The van der Waals surface area contributed by atoms with E-state index in [1.165, 1.54) is 6.26 Å². The second-order valence-electron chi connectivity index (χ2n) is 3.38. The second-order valence-corrected chi connectivity index (χ2v) is 3.38. The third-order valence-corrected chi connectivity index (χ3v) is 2.14. The lowest BCUT2D eigenvalue weighted by atomic mass is 10.2. The summed E-state index contributed by atoms with van der Waals surface area (Å²) in [7, 11) is 0. The molecule has 0 fully saturated rings. The van der Waals surface area contributed by atoms with Crippen LogP contribution in [0.25, 0.3) is 0 Å². The van der Waals surface area contributed by atoms with Gasteiger partial charge in [-0.05, 0) is 19.1 Å². The molecule has 1 amide bonds. The zero-order valence-electron chi connectivity index (χ0n) is 8.49. The lowest BCUT2D eigenvalue weighted by Crippen LogP contribution is -2.14. The van der Waals surface area contributed by atoms with Crippen LogP contribution in [0.2, 0.25) is 0 Å². The maximum atomic E-state index is 11.6. The van der Waals surface area contributed by atoms with Gasteiger partial charge in [0.2, 0.25) is 0 Å². The van der Waals surface area contributed by atoms with Crippen LogP contribution in [-0.2, 0) is 9.53 Å². The number of ether oxygens (including phenoxy) is 1. The molecule has 0 aromatic carbocycles. The van der Waals surface area contributed by atoms with Gasteiger partial charge in [-0.15, -0.1) is 0 Å². The molecule has 1 N–H and O–H groups in total. The van der Waals surface area contributed by atoms with Gasteiger partial charge in [-0.25, -0.2) is 4.98 Å². The summed E-state index contributed by atoms with van der Waals surface area (Å²) in [4.78, 5) is 15.8. The Morgan fingerprint density at radius 1 is 1.53 bits per heavy atom. The molecule has 4 heteroatoms. The molecule has 78 valence electrons. The predicted octanol–water partition coefficient (Wildman–Crippen LogP) is 1.63. The summed E-state index contributed by atoms with van der Waals surface area (Å²) in [6.45, 7) is 2.47. The second kappa shape index (κ2) is 4.13. The molecular formula is C11H12N2O2. The number of hydrogen-bond acceptors (Lipinski definition) is 3. The summed E-state index contributed by atoms with van der Waals surface area (Å²) in [5.74, 6) is 0.443. The Bertz CT molecular complexity index is 413. The maximum absolute atomic E-state index is 11.6. The van der Waals surface area contributed by atoms with Crippen LogP contribution in [0.5, 0.6) is 0 Å². The largest absolute Gasteiger partial charge is 0.500 e. The minimum atomic E-state index is -0.134. The van der Waals surface area contributed by atoms with Gasteiger partial charge in [0.25, 0.3) is 5.91 Å². The number of rotatable bonds is 2. The van der Waals surface area contributed by atoms with Crippen molar-refractivity contribution in [2.75, 3.05) is 11.9 Å². The average molecular weight is 204 g/mol. The van der Waals surface area contributed by atoms with Crippen molar-refractivity contribution >= 4 is 11.7 Å². The van der Waals surface area contributed by atoms with Gasteiger partial charge in [-0.1, -0.05) is 6.07 Å². The summed E-state index contributed by atoms with van der Waals surface area (Å²) in [5.41, 5.74) is 1.54. The molecule has 2 rings (SSSR count). The number of carbonyl (C=O) groups excluding carboxylic acids is 1. The molecule has 1 aliphatic heterocycles. The van der Waals surface area contributed by atoms with E-state index in [0.717, 1.165) is 5.69 Å². The van der Waals surface area contributed by atoms with Crippen molar-refractivity contribution in [3.63, 3.8) is 0 Å². The summed E-state index contributed by atoms with van der Waals surface area (Å²) >= 11 is 0. The van der Waals surface area contributed by atoms with E-state index in [4.69, 9.17) is 4.74 Å². The van der Waals surface area contributed by atoms with Crippen molar-refractivity contribution in [2.45, 2.75) is 13.3 Å². The fraction of sp³-hybridized carbons (Fsp3) is 0.273. The van der Waals surface area contributed by atoms with E-state index >= 15 is 0 Å². The van der Waals surface area contributed by atoms with Gasteiger partial charge < -0.3 is 10.1 Å². The number of aryl methyl sites for hydroxylation is 1. The Morgan fingerprint density at radius 3 is 3.07 bits per heavy atom. The lowest BCUT2D eigenvalue weighted by molar-refractivity contribution is -0.112. The van der Waals surface area contributed by atoms with Crippen LogP contribution in [0.3, 0.4) is 0 Å². The first-order valence-electron chi connectivity index (χ1n) is 4.81. The van der Waals surface area contributed by atoms with Gasteiger partial charge in [-0.3, -0.25) is 4.79 Å². The number of nitrogens with zero attached hydrogens (tertiary/aromatic N) is 1. The molecule has 0 aliphatic carbocycles. The summed E-state index contributed by atoms with van der Waals surface area (Å²) in [5, 5.41) is 2.73. The molecule has 1 aromatic rings. The van der Waals surface area contributed by atoms with Crippen molar-refractivity contribution in [2.24, 2.45) is 0 Å². The minimum absolute atomic E-state index is 0.134. The average Bonchev–Trinajstić information content (AvgIpc) is 2.70.